The molecular weight excluding hydrogens is 148 g/mol. The maximum atomic E-state index is 10.5. The van der Waals surface area contributed by atoms with Gasteiger partial charge in [0.25, 0.3) is 0 Å². The van der Waals surface area contributed by atoms with Crippen molar-refractivity contribution < 1.29 is 9.53 Å². The summed E-state index contributed by atoms with van der Waals surface area (Å²) in [6, 6.07) is -0.196. The second-order valence-electron chi connectivity index (χ2n) is 1.95. The van der Waals surface area contributed by atoms with Gasteiger partial charge in [0, 0.05) is 17.5 Å². The number of carbonyl (C=O) groups excluding carboxylic acids is 1. The van der Waals surface area contributed by atoms with Crippen LogP contribution < -0.4 is 5.32 Å². The Labute approximate surface area is 64.2 Å². The number of carbonyl (C=O) groups is 1. The summed E-state index contributed by atoms with van der Waals surface area (Å²) in [6.45, 7) is 1.94. The topological polar surface area (TPSA) is 87.1 Å². The van der Waals surface area contributed by atoms with E-state index in [4.69, 9.17) is 5.53 Å². The van der Waals surface area contributed by atoms with Crippen LogP contribution in [-0.2, 0) is 4.74 Å². The van der Waals surface area contributed by atoms with Crippen molar-refractivity contribution in [3.05, 3.63) is 10.4 Å². The van der Waals surface area contributed by atoms with Gasteiger partial charge in [-0.2, -0.15) is 0 Å². The van der Waals surface area contributed by atoms with E-state index in [2.05, 4.69) is 20.1 Å². The van der Waals surface area contributed by atoms with Crippen molar-refractivity contribution in [1.82, 2.24) is 5.32 Å². The molecule has 0 radical (unpaired) electrons. The molecule has 0 aromatic rings. The van der Waals surface area contributed by atoms with E-state index in [1.165, 1.54) is 7.11 Å². The third-order valence-corrected chi connectivity index (χ3v) is 0.968. The number of methoxy groups -OCH3 is 1. The summed E-state index contributed by atoms with van der Waals surface area (Å²) < 4.78 is 4.32. The minimum absolute atomic E-state index is 0.196. The van der Waals surface area contributed by atoms with Gasteiger partial charge in [0.05, 0.1) is 7.11 Å². The molecule has 0 saturated carbocycles. The van der Waals surface area contributed by atoms with Crippen molar-refractivity contribution >= 4 is 6.09 Å². The van der Waals surface area contributed by atoms with Gasteiger partial charge < -0.3 is 10.1 Å². The largest absolute Gasteiger partial charge is 0.453 e. The molecule has 1 amide bonds. The Morgan fingerprint density at radius 3 is 3.00 bits per heavy atom. The van der Waals surface area contributed by atoms with Crippen LogP contribution in [0.3, 0.4) is 0 Å². The highest BCUT2D eigenvalue weighted by Crippen LogP contribution is 1.84. The molecule has 11 heavy (non-hydrogen) atoms. The molecular formula is C5H10N4O2. The molecule has 62 valence electrons. The first-order valence-electron chi connectivity index (χ1n) is 3.06. The van der Waals surface area contributed by atoms with Crippen LogP contribution >= 0.6 is 0 Å². The summed E-state index contributed by atoms with van der Waals surface area (Å²) >= 11 is 0. The molecule has 0 aromatic heterocycles. The monoisotopic (exact) mass is 158 g/mol. The number of nitrogens with zero attached hydrogens (tertiary/aromatic N) is 3. The zero-order chi connectivity index (χ0) is 8.69. The highest BCUT2D eigenvalue weighted by molar-refractivity contribution is 5.67. The fourth-order valence-electron chi connectivity index (χ4n) is 0.465. The second-order valence-corrected chi connectivity index (χ2v) is 1.95. The van der Waals surface area contributed by atoms with E-state index < -0.39 is 6.09 Å². The van der Waals surface area contributed by atoms with Crippen LogP contribution in [0.4, 0.5) is 4.79 Å². The van der Waals surface area contributed by atoms with E-state index in [1.807, 2.05) is 0 Å². The van der Waals surface area contributed by atoms with Crippen LogP contribution in [-0.4, -0.2) is 25.8 Å². The number of ether oxygens (including phenoxy) is 1. The molecule has 0 unspecified atom stereocenters. The molecule has 0 aliphatic heterocycles. The van der Waals surface area contributed by atoms with Crippen LogP contribution in [0.5, 0.6) is 0 Å². The van der Waals surface area contributed by atoms with Gasteiger partial charge >= 0.3 is 6.09 Å². The number of nitrogens with one attached hydrogen (secondary N) is 1. The van der Waals surface area contributed by atoms with Crippen molar-refractivity contribution in [2.24, 2.45) is 5.11 Å². The molecule has 0 aromatic carbocycles. The Balaban J connectivity index is 3.59. The molecule has 0 spiro atoms. The average Bonchev–Trinajstić information content (AvgIpc) is 2.00. The Morgan fingerprint density at radius 2 is 2.55 bits per heavy atom. The van der Waals surface area contributed by atoms with Crippen LogP contribution in [0.25, 0.3) is 10.4 Å². The number of hydrogen-bond donors (Lipinski definition) is 1. The van der Waals surface area contributed by atoms with Crippen LogP contribution in [0, 0.1) is 0 Å². The van der Waals surface area contributed by atoms with Crippen molar-refractivity contribution in [3.63, 3.8) is 0 Å². The third kappa shape index (κ3) is 5.05. The van der Waals surface area contributed by atoms with Gasteiger partial charge in [-0.1, -0.05) is 5.11 Å². The lowest BCUT2D eigenvalue weighted by Gasteiger charge is -2.08. The summed E-state index contributed by atoms with van der Waals surface area (Å²) in [5, 5.41) is 5.71. The predicted molar refractivity (Wildman–Crippen MR) is 39.0 cm³/mol. The zero-order valence-electron chi connectivity index (χ0n) is 6.44. The summed E-state index contributed by atoms with van der Waals surface area (Å²) in [5.41, 5.74) is 7.92. The molecule has 0 fully saturated rings. The molecule has 1 N–H and O–H groups in total. The maximum absolute atomic E-state index is 10.5. The maximum Gasteiger partial charge on any atom is 0.407 e. The second kappa shape index (κ2) is 5.37. The minimum Gasteiger partial charge on any atom is -0.453 e. The van der Waals surface area contributed by atoms with Gasteiger partial charge in [-0.15, -0.1) is 0 Å². The number of azide groups is 1. The number of hydrogen-bond acceptors (Lipinski definition) is 3. The first kappa shape index (κ1) is 9.58. The summed E-state index contributed by atoms with van der Waals surface area (Å²) in [5.74, 6) is 0. The van der Waals surface area contributed by atoms with Crippen LogP contribution in [0.2, 0.25) is 0 Å². The van der Waals surface area contributed by atoms with E-state index in [0.29, 0.717) is 0 Å². The fourth-order valence-corrected chi connectivity index (χ4v) is 0.465. The predicted octanol–water partition coefficient (Wildman–Crippen LogP) is 1.04. The number of alkyl carbamates (subject to hydrolysis) is 1. The Hall–Kier alpha value is -1.42. The lowest BCUT2D eigenvalue weighted by molar-refractivity contribution is 0.168. The van der Waals surface area contributed by atoms with E-state index >= 15 is 0 Å². The van der Waals surface area contributed by atoms with Gasteiger partial charge in [0.15, 0.2) is 0 Å². The zero-order valence-corrected chi connectivity index (χ0v) is 6.44. The first-order chi connectivity index (χ1) is 5.20. The van der Waals surface area contributed by atoms with E-state index in [9.17, 15) is 4.79 Å². The Morgan fingerprint density at radius 1 is 1.91 bits per heavy atom. The van der Waals surface area contributed by atoms with Gasteiger partial charge in [0.2, 0.25) is 0 Å². The first-order valence-corrected chi connectivity index (χ1v) is 3.06. The minimum atomic E-state index is -0.523. The molecule has 1 atom stereocenters. The quantitative estimate of drug-likeness (QED) is 0.378. The van der Waals surface area contributed by atoms with Crippen molar-refractivity contribution in [2.75, 3.05) is 13.7 Å². The van der Waals surface area contributed by atoms with Crippen LogP contribution in [0.1, 0.15) is 6.92 Å². The molecule has 0 aliphatic carbocycles. The van der Waals surface area contributed by atoms with Crippen molar-refractivity contribution in [3.8, 4) is 0 Å². The highest BCUT2D eigenvalue weighted by Gasteiger charge is 2.03. The lowest BCUT2D eigenvalue weighted by atomic mass is 10.3. The van der Waals surface area contributed by atoms with E-state index in [-0.39, 0.29) is 12.6 Å². The summed E-state index contributed by atoms with van der Waals surface area (Å²) in [7, 11) is 1.27. The number of rotatable bonds is 3. The highest BCUT2D eigenvalue weighted by atomic mass is 16.5. The SMILES string of the molecule is COC(=O)N[C@@H](C)CN=[N+]=[N-]. The Bertz CT molecular complexity index is 175. The van der Waals surface area contributed by atoms with Gasteiger partial charge in [-0.25, -0.2) is 4.79 Å². The fraction of sp³-hybridized carbons (Fsp3) is 0.800. The van der Waals surface area contributed by atoms with Gasteiger partial charge in [-0.05, 0) is 12.5 Å². The molecule has 6 heteroatoms. The van der Waals surface area contributed by atoms with Gasteiger partial charge in [0.1, 0.15) is 0 Å². The molecule has 0 bridgehead atoms. The van der Waals surface area contributed by atoms with E-state index in [0.717, 1.165) is 0 Å². The number of amides is 1. The van der Waals surface area contributed by atoms with Crippen molar-refractivity contribution in [1.29, 1.82) is 0 Å². The molecule has 0 saturated heterocycles. The normalized spacial score (nSPS) is 11.1. The van der Waals surface area contributed by atoms with Crippen LogP contribution in [0.15, 0.2) is 5.11 Å². The molecule has 0 heterocycles. The molecule has 0 aliphatic rings. The van der Waals surface area contributed by atoms with E-state index in [1.54, 1.807) is 6.92 Å². The Kier molecular flexibility index (Phi) is 4.68. The third-order valence-electron chi connectivity index (χ3n) is 0.968. The summed E-state index contributed by atoms with van der Waals surface area (Å²) in [6.07, 6.45) is -0.523. The smallest absolute Gasteiger partial charge is 0.407 e. The molecule has 0 rings (SSSR count). The lowest BCUT2D eigenvalue weighted by Crippen LogP contribution is -2.34. The van der Waals surface area contributed by atoms with Gasteiger partial charge in [-0.3, -0.25) is 0 Å². The van der Waals surface area contributed by atoms with Crippen molar-refractivity contribution in [2.45, 2.75) is 13.0 Å². The average molecular weight is 158 g/mol. The summed E-state index contributed by atoms with van der Waals surface area (Å²) in [4.78, 5) is 13.1. The standard InChI is InChI=1S/C5H10N4O2/c1-4(3-7-9-6)8-5(10)11-2/h4H,3H2,1-2H3,(H,8,10)/t4-/m0/s1. The molecule has 6 nitrogen and oxygen atoms in total.